The van der Waals surface area contributed by atoms with Gasteiger partial charge in [0.2, 0.25) is 0 Å². The molecule has 6 aliphatic rings. The molecule has 4 aliphatic carbocycles. The topological polar surface area (TPSA) is 46.6 Å². The zero-order valence-electron chi connectivity index (χ0n) is 16.8. The Morgan fingerprint density at radius 2 is 1.96 bits per heavy atom. The standard InChI is InChI=1S/C23H31NO3/c1-12-10-24-11-14-6-4-13-5-7-15-17(21(26)27-3)9-23(19(13)15)20(25)16(12)8-18(24)22(14,23)2/h12,14-18H,4-11H2,1-3H3/t12-,14-,15-,16-,17-,18-,22-,23+/m0/s1. The molecule has 1 spiro atoms. The van der Waals surface area contributed by atoms with Crippen molar-refractivity contribution in [2.24, 2.45) is 40.4 Å². The van der Waals surface area contributed by atoms with E-state index in [1.807, 2.05) is 0 Å². The summed E-state index contributed by atoms with van der Waals surface area (Å²) < 4.78 is 5.24. The first-order valence-corrected chi connectivity index (χ1v) is 11.0. The normalized spacial score (nSPS) is 52.8. The molecule has 6 rings (SSSR count). The van der Waals surface area contributed by atoms with Gasteiger partial charge in [-0.2, -0.15) is 0 Å². The van der Waals surface area contributed by atoms with Crippen LogP contribution in [-0.4, -0.2) is 42.9 Å². The molecule has 2 saturated carbocycles. The van der Waals surface area contributed by atoms with E-state index in [1.54, 1.807) is 5.57 Å². The Balaban J connectivity index is 1.62. The summed E-state index contributed by atoms with van der Waals surface area (Å²) in [6, 6.07) is 0.519. The Hall–Kier alpha value is -1.16. The molecular weight excluding hydrogens is 338 g/mol. The van der Waals surface area contributed by atoms with Gasteiger partial charge in [-0.15, -0.1) is 0 Å². The average Bonchev–Trinajstić information content (AvgIpc) is 3.27. The smallest absolute Gasteiger partial charge is 0.309 e. The summed E-state index contributed by atoms with van der Waals surface area (Å²) in [6.45, 7) is 6.96. The third-order valence-electron chi connectivity index (χ3n) is 10.1. The van der Waals surface area contributed by atoms with Gasteiger partial charge in [-0.3, -0.25) is 14.5 Å². The van der Waals surface area contributed by atoms with Crippen LogP contribution >= 0.6 is 0 Å². The number of fused-ring (bicyclic) bond motifs is 1. The molecule has 2 saturated heterocycles. The molecule has 27 heavy (non-hydrogen) atoms. The zero-order valence-corrected chi connectivity index (χ0v) is 16.8. The van der Waals surface area contributed by atoms with Crippen LogP contribution in [-0.2, 0) is 14.3 Å². The maximum Gasteiger partial charge on any atom is 0.309 e. The lowest BCUT2D eigenvalue weighted by Crippen LogP contribution is -2.64. The second kappa shape index (κ2) is 5.06. The van der Waals surface area contributed by atoms with Crippen molar-refractivity contribution in [3.63, 3.8) is 0 Å². The summed E-state index contributed by atoms with van der Waals surface area (Å²) in [5.74, 6) is 1.79. The number of methoxy groups -OCH3 is 1. The third kappa shape index (κ3) is 1.64. The van der Waals surface area contributed by atoms with Gasteiger partial charge < -0.3 is 4.74 Å². The zero-order chi connectivity index (χ0) is 18.7. The largest absolute Gasteiger partial charge is 0.469 e. The molecule has 0 aromatic rings. The van der Waals surface area contributed by atoms with Gasteiger partial charge in [0.05, 0.1) is 18.4 Å². The van der Waals surface area contributed by atoms with E-state index in [-0.39, 0.29) is 34.6 Å². The van der Waals surface area contributed by atoms with E-state index >= 15 is 0 Å². The molecular formula is C23H31NO3. The highest BCUT2D eigenvalue weighted by atomic mass is 16.5. The van der Waals surface area contributed by atoms with E-state index < -0.39 is 0 Å². The number of ether oxygens (including phenoxy) is 1. The summed E-state index contributed by atoms with van der Waals surface area (Å²) >= 11 is 0. The fraction of sp³-hybridized carbons (Fsp3) is 0.826. The van der Waals surface area contributed by atoms with Crippen LogP contribution in [0.2, 0.25) is 0 Å². The van der Waals surface area contributed by atoms with Crippen molar-refractivity contribution >= 4 is 11.8 Å². The maximum atomic E-state index is 14.3. The number of allylic oxidation sites excluding steroid dienone is 2. The van der Waals surface area contributed by atoms with Crippen molar-refractivity contribution in [2.45, 2.75) is 58.4 Å². The quantitative estimate of drug-likeness (QED) is 0.526. The number of ketones is 1. The van der Waals surface area contributed by atoms with Gasteiger partial charge >= 0.3 is 5.97 Å². The Morgan fingerprint density at radius 3 is 2.74 bits per heavy atom. The van der Waals surface area contributed by atoms with Crippen molar-refractivity contribution in [3.05, 3.63) is 11.1 Å². The molecule has 0 aromatic heterocycles. The van der Waals surface area contributed by atoms with E-state index in [4.69, 9.17) is 4.74 Å². The molecule has 0 N–H and O–H groups in total. The number of piperidine rings is 1. The van der Waals surface area contributed by atoms with Gasteiger partial charge in [-0.1, -0.05) is 25.0 Å². The van der Waals surface area contributed by atoms with E-state index in [0.29, 0.717) is 23.7 Å². The minimum Gasteiger partial charge on any atom is -0.469 e. The second-order valence-electron chi connectivity index (χ2n) is 10.6. The maximum absolute atomic E-state index is 14.3. The number of Topliss-reactive ketones (excluding diaryl/α,β-unsaturated/α-hetero) is 1. The third-order valence-corrected chi connectivity index (χ3v) is 10.1. The fourth-order valence-corrected chi connectivity index (χ4v) is 9.01. The van der Waals surface area contributed by atoms with Crippen LogP contribution in [0.25, 0.3) is 0 Å². The monoisotopic (exact) mass is 369 g/mol. The summed E-state index contributed by atoms with van der Waals surface area (Å²) in [5.41, 5.74) is 2.61. The first-order chi connectivity index (χ1) is 12.9. The van der Waals surface area contributed by atoms with Crippen LogP contribution in [0.4, 0.5) is 0 Å². The first-order valence-electron chi connectivity index (χ1n) is 11.0. The van der Waals surface area contributed by atoms with E-state index in [0.717, 1.165) is 45.2 Å². The molecule has 0 unspecified atom stereocenters. The van der Waals surface area contributed by atoms with E-state index in [9.17, 15) is 9.59 Å². The van der Waals surface area contributed by atoms with Crippen molar-refractivity contribution in [2.75, 3.05) is 20.2 Å². The Labute approximate surface area is 161 Å². The number of carbonyl (C=O) groups excluding carboxylic acids is 2. The molecule has 146 valence electrons. The van der Waals surface area contributed by atoms with Gasteiger partial charge in [0.1, 0.15) is 5.78 Å². The number of nitrogens with zero attached hydrogens (tertiary/aromatic N) is 1. The number of hydrogen-bond acceptors (Lipinski definition) is 4. The molecule has 8 atom stereocenters. The molecule has 0 radical (unpaired) electrons. The second-order valence-corrected chi connectivity index (χ2v) is 10.6. The minimum absolute atomic E-state index is 0.00314. The predicted molar refractivity (Wildman–Crippen MR) is 101 cm³/mol. The van der Waals surface area contributed by atoms with Crippen molar-refractivity contribution in [1.29, 1.82) is 0 Å². The highest BCUT2D eigenvalue weighted by molar-refractivity contribution is 5.95. The Bertz CT molecular complexity index is 786. The molecule has 2 bridgehead atoms. The van der Waals surface area contributed by atoms with Crippen molar-refractivity contribution < 1.29 is 14.3 Å². The predicted octanol–water partition coefficient (Wildman–Crippen LogP) is 3.21. The summed E-state index contributed by atoms with van der Waals surface area (Å²) in [7, 11) is 1.51. The average molecular weight is 370 g/mol. The molecule has 0 amide bonds. The molecule has 4 nitrogen and oxygen atoms in total. The van der Waals surface area contributed by atoms with Crippen LogP contribution in [0.1, 0.15) is 52.4 Å². The van der Waals surface area contributed by atoms with Crippen LogP contribution in [0, 0.1) is 40.4 Å². The minimum atomic E-state index is -0.388. The Kier molecular flexibility index (Phi) is 3.14. The van der Waals surface area contributed by atoms with Gasteiger partial charge in [-0.05, 0) is 56.3 Å². The SMILES string of the molecule is COC(=O)[C@H]1C[C@]23C(=O)[C@H]4C[C@@H]5N(C[C@H](CCC6=C2[C@H]1CC6)[C@@]53C)C[C@@H]4C. The summed E-state index contributed by atoms with van der Waals surface area (Å²) in [5, 5.41) is 0. The molecule has 4 heteroatoms. The number of carbonyl (C=O) groups is 2. The molecule has 2 heterocycles. The van der Waals surface area contributed by atoms with Gasteiger partial charge in [0.25, 0.3) is 0 Å². The summed E-state index contributed by atoms with van der Waals surface area (Å²) in [6.07, 6.45) is 6.30. The number of esters is 1. The van der Waals surface area contributed by atoms with Crippen LogP contribution in [0.5, 0.6) is 0 Å². The highest BCUT2D eigenvalue weighted by Gasteiger charge is 2.76. The van der Waals surface area contributed by atoms with Crippen LogP contribution in [0.15, 0.2) is 11.1 Å². The molecule has 2 aliphatic heterocycles. The van der Waals surface area contributed by atoms with Gasteiger partial charge in [0, 0.05) is 30.5 Å². The lowest BCUT2D eigenvalue weighted by molar-refractivity contribution is -0.159. The van der Waals surface area contributed by atoms with Gasteiger partial charge in [0.15, 0.2) is 0 Å². The lowest BCUT2D eigenvalue weighted by atomic mass is 9.45. The van der Waals surface area contributed by atoms with E-state index in [1.165, 1.54) is 19.1 Å². The fourth-order valence-electron chi connectivity index (χ4n) is 9.01. The number of hydrogen-bond donors (Lipinski definition) is 0. The number of rotatable bonds is 1. The van der Waals surface area contributed by atoms with Gasteiger partial charge in [-0.25, -0.2) is 0 Å². The summed E-state index contributed by atoms with van der Waals surface area (Å²) in [4.78, 5) is 29.7. The molecule has 4 fully saturated rings. The van der Waals surface area contributed by atoms with Crippen LogP contribution in [0.3, 0.4) is 0 Å². The lowest BCUT2D eigenvalue weighted by Gasteiger charge is -2.59. The van der Waals surface area contributed by atoms with E-state index in [2.05, 4.69) is 18.7 Å². The Morgan fingerprint density at radius 1 is 1.19 bits per heavy atom. The molecule has 0 aromatic carbocycles. The van der Waals surface area contributed by atoms with Crippen LogP contribution < -0.4 is 0 Å². The first kappa shape index (κ1) is 16.8. The highest BCUT2D eigenvalue weighted by Crippen LogP contribution is 2.74. The van der Waals surface area contributed by atoms with Crippen molar-refractivity contribution in [3.8, 4) is 0 Å². The van der Waals surface area contributed by atoms with Crippen molar-refractivity contribution in [1.82, 2.24) is 4.90 Å².